The summed E-state index contributed by atoms with van der Waals surface area (Å²) >= 11 is 0. The lowest BCUT2D eigenvalue weighted by Crippen LogP contribution is -2.38. The van der Waals surface area contributed by atoms with Crippen LogP contribution in [0.3, 0.4) is 0 Å². The minimum Gasteiger partial charge on any atom is -0.312 e. The summed E-state index contributed by atoms with van der Waals surface area (Å²) in [7, 11) is 1.83. The molecule has 0 aliphatic carbocycles. The lowest BCUT2D eigenvalue weighted by molar-refractivity contribution is -0.114. The third-order valence-corrected chi connectivity index (χ3v) is 3.22. The number of nitrogens with one attached hydrogen (secondary N) is 1. The number of rotatable bonds is 2. The Labute approximate surface area is 102 Å². The highest BCUT2D eigenvalue weighted by atomic mass is 16.2. The fourth-order valence-electron chi connectivity index (χ4n) is 1.87. The normalized spacial score (nSPS) is 14.2. The number of anilines is 1. The van der Waals surface area contributed by atoms with Crippen LogP contribution in [-0.2, 0) is 4.79 Å². The van der Waals surface area contributed by atoms with Gasteiger partial charge in [-0.3, -0.25) is 4.79 Å². The number of carbonyl (C=O) groups is 1. The summed E-state index contributed by atoms with van der Waals surface area (Å²) in [4.78, 5) is 13.9. The van der Waals surface area contributed by atoms with E-state index < -0.39 is 0 Å². The molecule has 3 nitrogen and oxygen atoms in total. The predicted molar refractivity (Wildman–Crippen MR) is 70.2 cm³/mol. The second kappa shape index (κ2) is 4.72. The average Bonchev–Trinajstić information content (AvgIpc) is 2.24. The third-order valence-electron chi connectivity index (χ3n) is 3.22. The topological polar surface area (TPSA) is 32.3 Å². The van der Waals surface area contributed by atoms with E-state index in [2.05, 4.69) is 5.32 Å². The quantitative estimate of drug-likeness (QED) is 0.787. The lowest BCUT2D eigenvalue weighted by Gasteiger charge is -2.24. The van der Waals surface area contributed by atoms with Gasteiger partial charge in [-0.25, -0.2) is 0 Å². The molecule has 3 heteroatoms. The Morgan fingerprint density at radius 1 is 1.35 bits per heavy atom. The van der Waals surface area contributed by atoms with Crippen molar-refractivity contribution in [2.45, 2.75) is 13.8 Å². The molecule has 2 rings (SSSR count). The van der Waals surface area contributed by atoms with Crippen molar-refractivity contribution >= 4 is 11.6 Å². The Bertz CT molecular complexity index is 471. The molecular formula is C14H18N2O. The summed E-state index contributed by atoms with van der Waals surface area (Å²) in [6, 6.07) is 7.99. The highest BCUT2D eigenvalue weighted by Gasteiger charge is 2.19. The molecule has 1 saturated heterocycles. The number of aryl methyl sites for hydroxylation is 1. The van der Waals surface area contributed by atoms with Gasteiger partial charge in [-0.1, -0.05) is 12.1 Å². The van der Waals surface area contributed by atoms with Crippen molar-refractivity contribution in [1.82, 2.24) is 5.32 Å². The minimum atomic E-state index is 0.0899. The van der Waals surface area contributed by atoms with Crippen LogP contribution >= 0.6 is 0 Å². The van der Waals surface area contributed by atoms with Gasteiger partial charge in [0.1, 0.15) is 0 Å². The van der Waals surface area contributed by atoms with Gasteiger partial charge in [0.15, 0.2) is 0 Å². The first-order chi connectivity index (χ1) is 8.09. The van der Waals surface area contributed by atoms with Gasteiger partial charge in [0, 0.05) is 31.4 Å². The van der Waals surface area contributed by atoms with Crippen LogP contribution in [-0.4, -0.2) is 26.0 Å². The second-order valence-electron chi connectivity index (χ2n) is 4.54. The Morgan fingerprint density at radius 2 is 2.06 bits per heavy atom. The van der Waals surface area contributed by atoms with Gasteiger partial charge in [-0.15, -0.1) is 0 Å². The van der Waals surface area contributed by atoms with E-state index in [-0.39, 0.29) is 5.91 Å². The highest BCUT2D eigenvalue weighted by molar-refractivity contribution is 6.05. The third kappa shape index (κ3) is 2.39. The number of carbonyl (C=O) groups excluding carboxylic acids is 1. The second-order valence-corrected chi connectivity index (χ2v) is 4.54. The van der Waals surface area contributed by atoms with Crippen molar-refractivity contribution in [3.05, 3.63) is 41.0 Å². The van der Waals surface area contributed by atoms with Crippen LogP contribution in [0.2, 0.25) is 0 Å². The summed E-state index contributed by atoms with van der Waals surface area (Å²) < 4.78 is 0. The summed E-state index contributed by atoms with van der Waals surface area (Å²) in [5.41, 5.74) is 4.20. The molecule has 1 aliphatic heterocycles. The van der Waals surface area contributed by atoms with Crippen LogP contribution in [0.4, 0.5) is 5.69 Å². The summed E-state index contributed by atoms with van der Waals surface area (Å²) in [5, 5.41) is 3.16. The molecule has 1 heterocycles. The van der Waals surface area contributed by atoms with Gasteiger partial charge in [-0.05, 0) is 37.1 Å². The van der Waals surface area contributed by atoms with Crippen molar-refractivity contribution in [2.75, 3.05) is 25.0 Å². The van der Waals surface area contributed by atoms with E-state index in [1.165, 1.54) is 5.57 Å². The van der Waals surface area contributed by atoms with Gasteiger partial charge in [0.05, 0.1) is 0 Å². The Balaban J connectivity index is 2.20. The molecule has 1 aromatic carbocycles. The number of likely N-dealkylation sites (N-methyl/N-ethyl adjacent to an activating group) is 1. The van der Waals surface area contributed by atoms with Crippen LogP contribution in [0, 0.1) is 6.92 Å². The Kier molecular flexibility index (Phi) is 3.29. The van der Waals surface area contributed by atoms with E-state index in [1.54, 1.807) is 4.90 Å². The molecular weight excluding hydrogens is 212 g/mol. The molecule has 17 heavy (non-hydrogen) atoms. The largest absolute Gasteiger partial charge is 0.312 e. The van der Waals surface area contributed by atoms with Gasteiger partial charge < -0.3 is 10.2 Å². The van der Waals surface area contributed by atoms with E-state index in [9.17, 15) is 4.79 Å². The van der Waals surface area contributed by atoms with Gasteiger partial charge in [0.25, 0.3) is 5.91 Å². The standard InChI is InChI=1S/C14H18N2O/c1-10-5-4-6-13(7-10)16(3)14(17)11(2)12-8-15-9-12/h4-7,15H,8-9H2,1-3H3. The minimum absolute atomic E-state index is 0.0899. The molecule has 0 aromatic heterocycles. The average molecular weight is 230 g/mol. The molecule has 1 N–H and O–H groups in total. The molecule has 1 aromatic rings. The van der Waals surface area contributed by atoms with Crippen molar-refractivity contribution in [1.29, 1.82) is 0 Å². The van der Waals surface area contributed by atoms with Crippen LogP contribution < -0.4 is 10.2 Å². The lowest BCUT2D eigenvalue weighted by atomic mass is 10.0. The van der Waals surface area contributed by atoms with Crippen LogP contribution in [0.25, 0.3) is 0 Å². The van der Waals surface area contributed by atoms with Gasteiger partial charge >= 0.3 is 0 Å². The molecule has 1 aliphatic rings. The summed E-state index contributed by atoms with van der Waals surface area (Å²) in [6.07, 6.45) is 0. The maximum Gasteiger partial charge on any atom is 0.253 e. The van der Waals surface area contributed by atoms with Crippen LogP contribution in [0.1, 0.15) is 12.5 Å². The monoisotopic (exact) mass is 230 g/mol. The summed E-state index contributed by atoms with van der Waals surface area (Å²) in [5.74, 6) is 0.0899. The smallest absolute Gasteiger partial charge is 0.253 e. The highest BCUT2D eigenvalue weighted by Crippen LogP contribution is 2.18. The van der Waals surface area contributed by atoms with E-state index >= 15 is 0 Å². The number of nitrogens with zero attached hydrogens (tertiary/aromatic N) is 1. The SMILES string of the molecule is CC(C(=O)N(C)c1cccc(C)c1)=C1CNC1. The first-order valence-corrected chi connectivity index (χ1v) is 5.83. The number of hydrogen-bond donors (Lipinski definition) is 1. The van der Waals surface area contributed by atoms with Crippen LogP contribution in [0.5, 0.6) is 0 Å². The zero-order valence-corrected chi connectivity index (χ0v) is 10.6. The zero-order valence-electron chi connectivity index (χ0n) is 10.6. The van der Waals surface area contributed by atoms with E-state index in [0.29, 0.717) is 0 Å². The van der Waals surface area contributed by atoms with Crippen molar-refractivity contribution < 1.29 is 4.79 Å². The fourth-order valence-corrected chi connectivity index (χ4v) is 1.87. The van der Waals surface area contributed by atoms with E-state index in [4.69, 9.17) is 0 Å². The molecule has 1 fully saturated rings. The van der Waals surface area contributed by atoms with Gasteiger partial charge in [0.2, 0.25) is 0 Å². The number of benzene rings is 1. The maximum absolute atomic E-state index is 12.2. The molecule has 1 amide bonds. The predicted octanol–water partition coefficient (Wildman–Crippen LogP) is 1.88. The molecule has 0 radical (unpaired) electrons. The first-order valence-electron chi connectivity index (χ1n) is 5.83. The van der Waals surface area contributed by atoms with Gasteiger partial charge in [-0.2, -0.15) is 0 Å². The molecule has 0 unspecified atom stereocenters. The van der Waals surface area contributed by atoms with Crippen molar-refractivity contribution in [3.8, 4) is 0 Å². The molecule has 0 atom stereocenters. The molecule has 0 spiro atoms. The van der Waals surface area contributed by atoms with Crippen molar-refractivity contribution in [3.63, 3.8) is 0 Å². The van der Waals surface area contributed by atoms with Crippen LogP contribution in [0.15, 0.2) is 35.4 Å². The molecule has 0 bridgehead atoms. The fraction of sp³-hybridized carbons (Fsp3) is 0.357. The molecule has 0 saturated carbocycles. The van der Waals surface area contributed by atoms with Crippen molar-refractivity contribution in [2.24, 2.45) is 0 Å². The number of amides is 1. The van der Waals surface area contributed by atoms with E-state index in [1.807, 2.05) is 45.2 Å². The first kappa shape index (κ1) is 11.9. The molecule has 90 valence electrons. The Hall–Kier alpha value is -1.61. The zero-order chi connectivity index (χ0) is 12.4. The Morgan fingerprint density at radius 3 is 2.59 bits per heavy atom. The number of hydrogen-bond acceptors (Lipinski definition) is 2. The maximum atomic E-state index is 12.2. The summed E-state index contributed by atoms with van der Waals surface area (Å²) in [6.45, 7) is 5.63. The van der Waals surface area contributed by atoms with E-state index in [0.717, 1.165) is 29.9 Å².